The van der Waals surface area contributed by atoms with Gasteiger partial charge < -0.3 is 9.80 Å². The van der Waals surface area contributed by atoms with Gasteiger partial charge in [0.2, 0.25) is 0 Å². The number of carbonyl (C=O) groups excluding carboxylic acids is 2. The Kier molecular flexibility index (Phi) is 8.61. The third-order valence-corrected chi connectivity index (χ3v) is 6.80. The average molecular weight is 431 g/mol. The maximum absolute atomic E-state index is 12.6. The van der Waals surface area contributed by atoms with E-state index in [0.29, 0.717) is 0 Å². The minimum Gasteiger partial charge on any atom is -0.336 e. The lowest BCUT2D eigenvalue weighted by Gasteiger charge is -2.36. The number of benzene rings is 1. The van der Waals surface area contributed by atoms with E-state index in [9.17, 15) is 9.59 Å². The summed E-state index contributed by atoms with van der Waals surface area (Å²) in [7, 11) is 1.71. The maximum Gasteiger partial charge on any atom is 0.325 e. The van der Waals surface area contributed by atoms with E-state index in [-0.39, 0.29) is 11.9 Å². The fourth-order valence-corrected chi connectivity index (χ4v) is 5.07. The monoisotopic (exact) mass is 430 g/mol. The average Bonchev–Trinajstić information content (AvgIpc) is 3.11. The van der Waals surface area contributed by atoms with Gasteiger partial charge in [0.1, 0.15) is 0 Å². The van der Waals surface area contributed by atoms with Gasteiger partial charge in [-0.05, 0) is 18.4 Å². The van der Waals surface area contributed by atoms with Crippen LogP contribution in [0.4, 0.5) is 4.79 Å². The predicted molar refractivity (Wildman–Crippen MR) is 124 cm³/mol. The SMILES string of the molecule is CCCCCCCCCN1C(SCCc2ccccc2)=NC2C1C(=O)NC(=O)N2C. The Morgan fingerprint density at radius 2 is 1.73 bits per heavy atom. The van der Waals surface area contributed by atoms with E-state index in [2.05, 4.69) is 41.4 Å². The lowest BCUT2D eigenvalue weighted by atomic mass is 10.1. The number of amides is 3. The molecule has 7 heteroatoms. The standard InChI is InChI=1S/C23H34N4O2S/c1-3-4-5-6-7-8-12-16-27-19-20(26(2)22(29)25-21(19)28)24-23(27)30-17-15-18-13-10-9-11-14-18/h9-11,13-14,19-20H,3-8,12,15-17H2,1-2H3,(H,25,28,29). The number of amidine groups is 1. The molecule has 0 spiro atoms. The van der Waals surface area contributed by atoms with Crippen LogP contribution in [0.25, 0.3) is 0 Å². The maximum atomic E-state index is 12.6. The number of nitrogens with one attached hydrogen (secondary N) is 1. The number of hydrogen-bond acceptors (Lipinski definition) is 5. The third-order valence-electron chi connectivity index (χ3n) is 5.79. The van der Waals surface area contributed by atoms with Crippen molar-refractivity contribution < 1.29 is 9.59 Å². The number of imide groups is 1. The summed E-state index contributed by atoms with van der Waals surface area (Å²) in [4.78, 5) is 33.1. The molecule has 0 aliphatic carbocycles. The first kappa shape index (κ1) is 22.7. The number of thioether (sulfide) groups is 1. The van der Waals surface area contributed by atoms with Crippen molar-refractivity contribution in [2.75, 3.05) is 19.3 Å². The zero-order valence-corrected chi connectivity index (χ0v) is 19.0. The fourth-order valence-electron chi connectivity index (χ4n) is 4.00. The van der Waals surface area contributed by atoms with Gasteiger partial charge in [0.05, 0.1) is 0 Å². The fraction of sp³-hybridized carbons (Fsp3) is 0.609. The molecule has 1 saturated heterocycles. The molecule has 2 aliphatic rings. The minimum atomic E-state index is -0.421. The summed E-state index contributed by atoms with van der Waals surface area (Å²) in [5.41, 5.74) is 1.30. The second-order valence-electron chi connectivity index (χ2n) is 8.07. The van der Waals surface area contributed by atoms with Crippen LogP contribution in [-0.2, 0) is 11.2 Å². The van der Waals surface area contributed by atoms with Gasteiger partial charge in [0.25, 0.3) is 5.91 Å². The molecule has 1 fully saturated rings. The van der Waals surface area contributed by atoms with Gasteiger partial charge in [-0.25, -0.2) is 9.79 Å². The highest BCUT2D eigenvalue weighted by Crippen LogP contribution is 2.29. The van der Waals surface area contributed by atoms with Crippen LogP contribution in [0.2, 0.25) is 0 Å². The summed E-state index contributed by atoms with van der Waals surface area (Å²) in [6.45, 7) is 3.04. The number of urea groups is 1. The molecule has 1 aromatic rings. The molecule has 0 saturated carbocycles. The summed E-state index contributed by atoms with van der Waals surface area (Å²) >= 11 is 1.69. The first-order valence-electron chi connectivity index (χ1n) is 11.2. The van der Waals surface area contributed by atoms with Gasteiger partial charge in [0, 0.05) is 19.3 Å². The Morgan fingerprint density at radius 1 is 1.03 bits per heavy atom. The first-order chi connectivity index (χ1) is 14.6. The molecule has 0 aromatic heterocycles. The Labute approximate surface area is 184 Å². The molecule has 3 rings (SSSR count). The number of likely N-dealkylation sites (N-methyl/N-ethyl adjacent to an activating group) is 1. The summed E-state index contributed by atoms with van der Waals surface area (Å²) in [5.74, 6) is 0.670. The molecule has 164 valence electrons. The van der Waals surface area contributed by atoms with Crippen LogP contribution in [0, 0.1) is 0 Å². The topological polar surface area (TPSA) is 65.0 Å². The molecule has 1 aromatic carbocycles. The number of hydrogen-bond donors (Lipinski definition) is 1. The minimum absolute atomic E-state index is 0.228. The quantitative estimate of drug-likeness (QED) is 0.533. The van der Waals surface area contributed by atoms with Crippen LogP contribution in [0.3, 0.4) is 0 Å². The number of unbranched alkanes of at least 4 members (excludes halogenated alkanes) is 6. The van der Waals surface area contributed by atoms with Crippen molar-refractivity contribution in [2.45, 2.75) is 70.5 Å². The molecule has 2 heterocycles. The molecule has 2 atom stereocenters. The van der Waals surface area contributed by atoms with E-state index >= 15 is 0 Å². The first-order valence-corrected chi connectivity index (χ1v) is 12.2. The van der Waals surface area contributed by atoms with Crippen molar-refractivity contribution in [3.8, 4) is 0 Å². The van der Waals surface area contributed by atoms with Crippen molar-refractivity contribution in [2.24, 2.45) is 4.99 Å². The Balaban J connectivity index is 1.58. The molecule has 1 N–H and O–H groups in total. The summed E-state index contributed by atoms with van der Waals surface area (Å²) < 4.78 is 0. The molecule has 0 bridgehead atoms. The number of rotatable bonds is 11. The Hall–Kier alpha value is -2.02. The number of fused-ring (bicyclic) bond motifs is 1. The van der Waals surface area contributed by atoms with Gasteiger partial charge in [-0.3, -0.25) is 10.1 Å². The zero-order chi connectivity index (χ0) is 21.3. The molecular formula is C23H34N4O2S. The van der Waals surface area contributed by atoms with Gasteiger partial charge >= 0.3 is 6.03 Å². The van der Waals surface area contributed by atoms with Crippen LogP contribution in [0.15, 0.2) is 35.3 Å². The van der Waals surface area contributed by atoms with Crippen LogP contribution in [-0.4, -0.2) is 58.5 Å². The number of aryl methyl sites for hydroxylation is 1. The van der Waals surface area contributed by atoms with Crippen molar-refractivity contribution >= 4 is 28.9 Å². The predicted octanol–water partition coefficient (Wildman–Crippen LogP) is 4.26. The summed E-state index contributed by atoms with van der Waals surface area (Å²) in [6.07, 6.45) is 9.13. The summed E-state index contributed by atoms with van der Waals surface area (Å²) in [5, 5.41) is 3.37. The smallest absolute Gasteiger partial charge is 0.325 e. The second-order valence-corrected chi connectivity index (χ2v) is 9.14. The van der Waals surface area contributed by atoms with Crippen LogP contribution < -0.4 is 5.32 Å². The van der Waals surface area contributed by atoms with Gasteiger partial charge in [0.15, 0.2) is 17.4 Å². The van der Waals surface area contributed by atoms with Gasteiger partial charge in [-0.15, -0.1) is 0 Å². The molecule has 0 radical (unpaired) electrons. The molecule has 6 nitrogen and oxygen atoms in total. The number of nitrogens with zero attached hydrogens (tertiary/aromatic N) is 3. The van der Waals surface area contributed by atoms with Crippen LogP contribution in [0.1, 0.15) is 57.4 Å². The molecule has 2 unspecified atom stereocenters. The van der Waals surface area contributed by atoms with E-state index in [4.69, 9.17) is 4.99 Å². The highest BCUT2D eigenvalue weighted by Gasteiger charge is 2.48. The normalized spacial score (nSPS) is 20.9. The van der Waals surface area contributed by atoms with Gasteiger partial charge in [-0.2, -0.15) is 0 Å². The molecule has 3 amide bonds. The van der Waals surface area contributed by atoms with E-state index in [0.717, 1.165) is 36.7 Å². The highest BCUT2D eigenvalue weighted by molar-refractivity contribution is 8.13. The number of carbonyl (C=O) groups is 2. The van der Waals surface area contributed by atoms with E-state index in [1.54, 1.807) is 23.7 Å². The van der Waals surface area contributed by atoms with Crippen molar-refractivity contribution in [1.82, 2.24) is 15.1 Å². The van der Waals surface area contributed by atoms with Crippen LogP contribution >= 0.6 is 11.8 Å². The van der Waals surface area contributed by atoms with Gasteiger partial charge in [-0.1, -0.05) is 87.5 Å². The zero-order valence-electron chi connectivity index (χ0n) is 18.2. The van der Waals surface area contributed by atoms with E-state index < -0.39 is 12.2 Å². The Morgan fingerprint density at radius 3 is 2.47 bits per heavy atom. The largest absolute Gasteiger partial charge is 0.336 e. The molecule has 2 aliphatic heterocycles. The Bertz CT molecular complexity index is 740. The van der Waals surface area contributed by atoms with Crippen molar-refractivity contribution in [3.63, 3.8) is 0 Å². The number of aliphatic imine (C=N–C) groups is 1. The summed E-state index contributed by atoms with van der Waals surface area (Å²) in [6, 6.07) is 9.62. The van der Waals surface area contributed by atoms with E-state index in [1.807, 2.05) is 6.07 Å². The van der Waals surface area contributed by atoms with E-state index in [1.165, 1.54) is 37.7 Å². The lowest BCUT2D eigenvalue weighted by Crippen LogP contribution is -2.63. The lowest BCUT2D eigenvalue weighted by molar-refractivity contribution is -0.127. The van der Waals surface area contributed by atoms with Crippen molar-refractivity contribution in [3.05, 3.63) is 35.9 Å². The molecular weight excluding hydrogens is 396 g/mol. The third kappa shape index (κ3) is 5.78. The second kappa shape index (κ2) is 11.4. The van der Waals surface area contributed by atoms with Crippen molar-refractivity contribution in [1.29, 1.82) is 0 Å². The molecule has 30 heavy (non-hydrogen) atoms. The van der Waals surface area contributed by atoms with Crippen LogP contribution in [0.5, 0.6) is 0 Å². The highest BCUT2D eigenvalue weighted by atomic mass is 32.2.